The standard InChI is InChI=1S/C14H18ClN3O4/c1-9-6-17(7-10(2)22-9)8-14(19)16-12-5-11(15)3-4-13(12)18(20)21/h3-5,9-10H,6-8H2,1-2H3,(H,16,19)/p+1/t9-,10+. The second kappa shape index (κ2) is 7.04. The first-order valence-corrected chi connectivity index (χ1v) is 7.45. The molecule has 2 rings (SSSR count). The average Bonchev–Trinajstić information content (AvgIpc) is 2.36. The van der Waals surface area contributed by atoms with Crippen LogP contribution in [0.4, 0.5) is 11.4 Å². The fourth-order valence-corrected chi connectivity index (χ4v) is 2.89. The molecule has 1 heterocycles. The van der Waals surface area contributed by atoms with Crippen molar-refractivity contribution >= 4 is 28.9 Å². The summed E-state index contributed by atoms with van der Waals surface area (Å²) in [6, 6.07) is 4.09. The normalized spacial score (nSPS) is 24.8. The first-order chi connectivity index (χ1) is 10.3. The van der Waals surface area contributed by atoms with Gasteiger partial charge >= 0.3 is 0 Å². The van der Waals surface area contributed by atoms with E-state index in [-0.39, 0.29) is 36.0 Å². The number of quaternary nitrogens is 1. The third kappa shape index (κ3) is 4.40. The summed E-state index contributed by atoms with van der Waals surface area (Å²) < 4.78 is 5.62. The highest BCUT2D eigenvalue weighted by atomic mass is 35.5. The molecular weight excluding hydrogens is 310 g/mol. The number of nitro benzene ring substituents is 1. The average molecular weight is 329 g/mol. The second-order valence-electron chi connectivity index (χ2n) is 5.56. The third-order valence-electron chi connectivity index (χ3n) is 3.46. The molecule has 22 heavy (non-hydrogen) atoms. The number of anilines is 1. The van der Waals surface area contributed by atoms with Gasteiger partial charge in [-0.3, -0.25) is 14.9 Å². The highest BCUT2D eigenvalue weighted by Gasteiger charge is 2.27. The first-order valence-electron chi connectivity index (χ1n) is 7.08. The van der Waals surface area contributed by atoms with Crippen molar-refractivity contribution in [3.63, 3.8) is 0 Å². The van der Waals surface area contributed by atoms with Crippen LogP contribution >= 0.6 is 11.6 Å². The van der Waals surface area contributed by atoms with Gasteiger partial charge in [-0.1, -0.05) is 11.6 Å². The molecule has 1 aliphatic rings. The van der Waals surface area contributed by atoms with Crippen LogP contribution in [-0.4, -0.2) is 42.7 Å². The maximum Gasteiger partial charge on any atom is 0.292 e. The summed E-state index contributed by atoms with van der Waals surface area (Å²) in [7, 11) is 0. The fourth-order valence-electron chi connectivity index (χ4n) is 2.72. The molecule has 1 unspecified atom stereocenters. The van der Waals surface area contributed by atoms with Gasteiger partial charge in [-0.2, -0.15) is 0 Å². The number of nitrogens with one attached hydrogen (secondary N) is 2. The van der Waals surface area contributed by atoms with E-state index in [1.165, 1.54) is 18.2 Å². The number of nitrogens with zero attached hydrogens (tertiary/aromatic N) is 1. The Hall–Kier alpha value is -1.70. The van der Waals surface area contributed by atoms with Gasteiger partial charge in [-0.15, -0.1) is 0 Å². The van der Waals surface area contributed by atoms with E-state index >= 15 is 0 Å². The Morgan fingerprint density at radius 3 is 2.68 bits per heavy atom. The SMILES string of the molecule is C[C@@H]1C[NH+](CC(=O)Nc2cc(Cl)ccc2[N+](=O)[O-])C[C@H](C)O1. The highest BCUT2D eigenvalue weighted by molar-refractivity contribution is 6.31. The highest BCUT2D eigenvalue weighted by Crippen LogP contribution is 2.27. The summed E-state index contributed by atoms with van der Waals surface area (Å²) >= 11 is 5.84. The fraction of sp³-hybridized carbons (Fsp3) is 0.500. The third-order valence-corrected chi connectivity index (χ3v) is 3.69. The molecule has 0 spiro atoms. The number of ether oxygens (including phenoxy) is 1. The topological polar surface area (TPSA) is 85.9 Å². The molecule has 8 heteroatoms. The minimum atomic E-state index is -0.544. The predicted octanol–water partition coefficient (Wildman–Crippen LogP) is 0.879. The van der Waals surface area contributed by atoms with Crippen molar-refractivity contribution in [3.8, 4) is 0 Å². The number of rotatable bonds is 4. The minimum Gasteiger partial charge on any atom is -0.364 e. The van der Waals surface area contributed by atoms with Crippen molar-refractivity contribution in [2.45, 2.75) is 26.1 Å². The smallest absolute Gasteiger partial charge is 0.292 e. The largest absolute Gasteiger partial charge is 0.364 e. The lowest BCUT2D eigenvalue weighted by molar-refractivity contribution is -0.907. The van der Waals surface area contributed by atoms with Gasteiger partial charge in [0.05, 0.1) is 4.92 Å². The molecule has 0 saturated carbocycles. The van der Waals surface area contributed by atoms with Crippen molar-refractivity contribution in [2.24, 2.45) is 0 Å². The molecule has 1 fully saturated rings. The summed E-state index contributed by atoms with van der Waals surface area (Å²) in [5.74, 6) is -0.276. The molecule has 1 aromatic carbocycles. The molecule has 120 valence electrons. The molecule has 2 N–H and O–H groups in total. The number of hydrogen-bond donors (Lipinski definition) is 2. The van der Waals surface area contributed by atoms with Crippen LogP contribution in [0.1, 0.15) is 13.8 Å². The molecule has 1 amide bonds. The number of carbonyl (C=O) groups excluding carboxylic acids is 1. The van der Waals surface area contributed by atoms with Gasteiger partial charge in [0.15, 0.2) is 6.54 Å². The summed E-state index contributed by atoms with van der Waals surface area (Å²) in [5.41, 5.74) is -0.0484. The van der Waals surface area contributed by atoms with E-state index in [9.17, 15) is 14.9 Å². The summed E-state index contributed by atoms with van der Waals surface area (Å²) in [6.07, 6.45) is 0.180. The zero-order chi connectivity index (χ0) is 16.3. The van der Waals surface area contributed by atoms with Crippen LogP contribution in [0.25, 0.3) is 0 Å². The van der Waals surface area contributed by atoms with E-state index < -0.39 is 4.92 Å². The molecule has 1 saturated heterocycles. The molecule has 3 atom stereocenters. The lowest BCUT2D eigenvalue weighted by Crippen LogP contribution is -3.16. The minimum absolute atomic E-state index is 0.0899. The Morgan fingerprint density at radius 2 is 2.09 bits per heavy atom. The van der Waals surface area contributed by atoms with E-state index in [1.807, 2.05) is 13.8 Å². The van der Waals surface area contributed by atoms with Gasteiger partial charge < -0.3 is 15.0 Å². The van der Waals surface area contributed by atoms with E-state index in [0.29, 0.717) is 5.02 Å². The quantitative estimate of drug-likeness (QED) is 0.634. The maximum absolute atomic E-state index is 12.1. The van der Waals surface area contributed by atoms with Gasteiger partial charge in [0.1, 0.15) is 31.0 Å². The molecule has 1 aliphatic heterocycles. The van der Waals surface area contributed by atoms with Crippen molar-refractivity contribution in [1.82, 2.24) is 0 Å². The second-order valence-corrected chi connectivity index (χ2v) is 6.00. The van der Waals surface area contributed by atoms with E-state index in [0.717, 1.165) is 18.0 Å². The van der Waals surface area contributed by atoms with Crippen LogP contribution in [0.5, 0.6) is 0 Å². The summed E-state index contributed by atoms with van der Waals surface area (Å²) in [4.78, 5) is 23.7. The Morgan fingerprint density at radius 1 is 1.45 bits per heavy atom. The van der Waals surface area contributed by atoms with Gasteiger partial charge in [0, 0.05) is 11.1 Å². The van der Waals surface area contributed by atoms with Gasteiger partial charge in [-0.05, 0) is 26.0 Å². The van der Waals surface area contributed by atoms with Crippen LogP contribution < -0.4 is 10.2 Å². The Bertz CT molecular complexity index is 571. The molecule has 0 bridgehead atoms. The van der Waals surface area contributed by atoms with E-state index in [2.05, 4.69) is 5.32 Å². The van der Waals surface area contributed by atoms with Crippen molar-refractivity contribution in [3.05, 3.63) is 33.3 Å². The van der Waals surface area contributed by atoms with E-state index in [4.69, 9.17) is 16.3 Å². The first kappa shape index (κ1) is 16.7. The Labute approximate surface area is 133 Å². The van der Waals surface area contributed by atoms with Gasteiger partial charge in [-0.25, -0.2) is 0 Å². The van der Waals surface area contributed by atoms with Crippen LogP contribution in [0.15, 0.2) is 18.2 Å². The lowest BCUT2D eigenvalue weighted by Gasteiger charge is -2.31. The van der Waals surface area contributed by atoms with Crippen LogP contribution in [0.3, 0.4) is 0 Å². The molecular formula is C14H19ClN3O4+. The maximum atomic E-state index is 12.1. The lowest BCUT2D eigenvalue weighted by atomic mass is 10.2. The molecule has 0 aromatic heterocycles. The number of morpholine rings is 1. The molecule has 0 aliphatic carbocycles. The zero-order valence-corrected chi connectivity index (χ0v) is 13.2. The Kier molecular flexibility index (Phi) is 5.33. The number of carbonyl (C=O) groups is 1. The number of benzene rings is 1. The summed E-state index contributed by atoms with van der Waals surface area (Å²) in [5, 5.41) is 13.9. The number of amides is 1. The van der Waals surface area contributed by atoms with Crippen LogP contribution in [-0.2, 0) is 9.53 Å². The van der Waals surface area contributed by atoms with Gasteiger partial charge in [0.25, 0.3) is 11.6 Å². The molecule has 0 radical (unpaired) electrons. The number of halogens is 1. The molecule has 7 nitrogen and oxygen atoms in total. The van der Waals surface area contributed by atoms with Crippen molar-refractivity contribution in [1.29, 1.82) is 0 Å². The molecule has 1 aromatic rings. The van der Waals surface area contributed by atoms with Crippen LogP contribution in [0.2, 0.25) is 5.02 Å². The number of nitro groups is 1. The van der Waals surface area contributed by atoms with Crippen LogP contribution in [0, 0.1) is 10.1 Å². The Balaban J connectivity index is 2.03. The van der Waals surface area contributed by atoms with E-state index in [1.54, 1.807) is 0 Å². The van der Waals surface area contributed by atoms with Gasteiger partial charge in [0.2, 0.25) is 0 Å². The monoisotopic (exact) mass is 328 g/mol. The number of hydrogen-bond acceptors (Lipinski definition) is 4. The van der Waals surface area contributed by atoms with Crippen molar-refractivity contribution in [2.75, 3.05) is 25.0 Å². The zero-order valence-electron chi connectivity index (χ0n) is 12.5. The predicted molar refractivity (Wildman–Crippen MR) is 82.3 cm³/mol. The van der Waals surface area contributed by atoms with Crippen molar-refractivity contribution < 1.29 is 19.4 Å². The summed E-state index contributed by atoms with van der Waals surface area (Å²) in [6.45, 7) is 5.64.